The van der Waals surface area contributed by atoms with Gasteiger partial charge in [-0.05, 0) is 24.3 Å². The highest BCUT2D eigenvalue weighted by Crippen LogP contribution is 2.18. The molecule has 1 aromatic heterocycles. The highest BCUT2D eigenvalue weighted by molar-refractivity contribution is 6.16. The smallest absolute Gasteiger partial charge is 0.415 e. The second-order valence-corrected chi connectivity index (χ2v) is 3.26. The van der Waals surface area contributed by atoms with E-state index in [-0.39, 0.29) is 5.56 Å². The zero-order chi connectivity index (χ0) is 11.7. The molecule has 0 radical (unpaired) electrons. The Labute approximate surface area is 95.0 Å². The Balaban J connectivity index is 2.57. The molecule has 0 saturated carbocycles. The van der Waals surface area contributed by atoms with Gasteiger partial charge in [0.2, 0.25) is 0 Å². The molecule has 0 unspecified atom stereocenters. The number of carboxylic acid groups (broad SMARTS) is 1. The number of nitrogens with zero attached hydrogens (tertiary/aromatic N) is 1. The number of benzene rings is 1. The first-order valence-corrected chi connectivity index (χ1v) is 4.61. The lowest BCUT2D eigenvalue weighted by atomic mass is 10.1. The zero-order valence-corrected chi connectivity index (χ0v) is 8.64. The fourth-order valence-electron chi connectivity index (χ4n) is 1.48. The number of hydrogen-bond acceptors (Lipinski definition) is 3. The van der Waals surface area contributed by atoms with Crippen LogP contribution in [0.1, 0.15) is 10.4 Å². The predicted octanol–water partition coefficient (Wildman–Crippen LogP) is 2.48. The summed E-state index contributed by atoms with van der Waals surface area (Å²) in [7, 11) is 0. The fraction of sp³-hybridized carbons (Fsp3) is 0. The Morgan fingerprint density at radius 3 is 2.69 bits per heavy atom. The Hall–Kier alpha value is -2.01. The number of aromatic nitrogens is 1. The topological polar surface area (TPSA) is 68.5 Å². The third-order valence-electron chi connectivity index (χ3n) is 2.20. The van der Waals surface area contributed by atoms with E-state index in [0.717, 1.165) is 4.57 Å². The molecule has 0 saturated heterocycles. The van der Waals surface area contributed by atoms with Crippen molar-refractivity contribution in [1.82, 2.24) is 4.57 Å². The molecule has 0 aliphatic heterocycles. The van der Waals surface area contributed by atoms with Crippen molar-refractivity contribution >= 4 is 34.8 Å². The fourth-order valence-corrected chi connectivity index (χ4v) is 1.57. The van der Waals surface area contributed by atoms with E-state index < -0.39 is 12.1 Å². The van der Waals surface area contributed by atoms with Crippen LogP contribution in [-0.2, 0) is 4.29 Å². The van der Waals surface area contributed by atoms with Gasteiger partial charge in [0.25, 0.3) is 0 Å². The Kier molecular flexibility index (Phi) is 2.54. The molecule has 1 aromatic carbocycles. The van der Waals surface area contributed by atoms with Crippen molar-refractivity contribution in [3.63, 3.8) is 0 Å². The molecule has 0 fully saturated rings. The zero-order valence-electron chi connectivity index (χ0n) is 7.88. The van der Waals surface area contributed by atoms with Crippen LogP contribution in [0, 0.1) is 0 Å². The minimum Gasteiger partial charge on any atom is -0.464 e. The van der Waals surface area contributed by atoms with Crippen molar-refractivity contribution in [1.29, 1.82) is 0 Å². The summed E-state index contributed by atoms with van der Waals surface area (Å²) in [4.78, 5) is 21.9. The van der Waals surface area contributed by atoms with Gasteiger partial charge in [-0.25, -0.2) is 9.59 Å². The summed E-state index contributed by atoms with van der Waals surface area (Å²) in [6.07, 6.45) is 0.325. The number of hydrogen-bond donors (Lipinski definition) is 1. The summed E-state index contributed by atoms with van der Waals surface area (Å²) in [6, 6.07) is 6.08. The van der Waals surface area contributed by atoms with Crippen LogP contribution in [0.15, 0.2) is 30.5 Å². The highest BCUT2D eigenvalue weighted by atomic mass is 35.5. The first-order valence-electron chi connectivity index (χ1n) is 4.31. The largest absolute Gasteiger partial charge is 0.464 e. The number of carbonyl (C=O) groups excluding carboxylic acids is 1. The molecule has 0 spiro atoms. The molecule has 0 aliphatic carbocycles. The Morgan fingerprint density at radius 2 is 2.06 bits per heavy atom. The summed E-state index contributed by atoms with van der Waals surface area (Å²) in [5.41, 5.74) is 0.768. The average Bonchev–Trinajstić information content (AvgIpc) is 2.70. The van der Waals surface area contributed by atoms with Gasteiger partial charge in [-0.1, -0.05) is 0 Å². The van der Waals surface area contributed by atoms with Crippen LogP contribution in [0.3, 0.4) is 0 Å². The van der Waals surface area contributed by atoms with E-state index in [1.54, 1.807) is 6.07 Å². The standard InChI is InChI=1S/C10H6ClNO4/c11-16-9(13)7-1-2-8-6(5-7)3-4-12(8)10(14)15/h1-5H,(H,14,15). The summed E-state index contributed by atoms with van der Waals surface area (Å²) >= 11 is 4.94. The minimum absolute atomic E-state index is 0.269. The third-order valence-corrected chi connectivity index (χ3v) is 2.34. The lowest BCUT2D eigenvalue weighted by molar-refractivity contribution is 0.0751. The molecule has 2 rings (SSSR count). The normalized spacial score (nSPS) is 10.3. The second kappa shape index (κ2) is 3.86. The molecule has 2 aromatic rings. The monoisotopic (exact) mass is 239 g/mol. The van der Waals surface area contributed by atoms with Crippen LogP contribution in [0.25, 0.3) is 10.9 Å². The molecule has 1 heterocycles. The van der Waals surface area contributed by atoms with Gasteiger partial charge in [0.15, 0.2) is 0 Å². The van der Waals surface area contributed by atoms with E-state index in [1.165, 1.54) is 24.4 Å². The maximum absolute atomic E-state index is 11.1. The number of carbonyl (C=O) groups is 2. The molecular formula is C10H6ClNO4. The first-order chi connectivity index (χ1) is 7.63. The van der Waals surface area contributed by atoms with E-state index in [0.29, 0.717) is 10.9 Å². The summed E-state index contributed by atoms with van der Waals surface area (Å²) in [5.74, 6) is -0.674. The SMILES string of the molecule is O=C(OCl)c1ccc2c(ccn2C(=O)O)c1. The molecule has 0 bridgehead atoms. The summed E-state index contributed by atoms with van der Waals surface area (Å²) < 4.78 is 5.11. The minimum atomic E-state index is -1.08. The van der Waals surface area contributed by atoms with Crippen LogP contribution in [0.4, 0.5) is 4.79 Å². The van der Waals surface area contributed by atoms with Crippen molar-refractivity contribution in [3.05, 3.63) is 36.0 Å². The molecule has 6 heteroatoms. The third kappa shape index (κ3) is 1.61. The van der Waals surface area contributed by atoms with Crippen molar-refractivity contribution in [2.75, 3.05) is 0 Å². The number of halogens is 1. The van der Waals surface area contributed by atoms with Crippen molar-refractivity contribution in [2.45, 2.75) is 0 Å². The highest BCUT2D eigenvalue weighted by Gasteiger charge is 2.11. The van der Waals surface area contributed by atoms with Gasteiger partial charge >= 0.3 is 12.1 Å². The maximum Gasteiger partial charge on any atom is 0.415 e. The molecule has 5 nitrogen and oxygen atoms in total. The molecule has 0 atom stereocenters. The van der Waals surface area contributed by atoms with Gasteiger partial charge < -0.3 is 9.40 Å². The van der Waals surface area contributed by atoms with Crippen molar-refractivity contribution in [2.24, 2.45) is 0 Å². The van der Waals surface area contributed by atoms with Crippen LogP contribution in [0.2, 0.25) is 0 Å². The molecule has 16 heavy (non-hydrogen) atoms. The summed E-state index contributed by atoms with van der Waals surface area (Å²) in [6.45, 7) is 0. The van der Waals surface area contributed by atoms with Crippen LogP contribution < -0.4 is 0 Å². The van der Waals surface area contributed by atoms with Gasteiger partial charge in [0.05, 0.1) is 11.1 Å². The van der Waals surface area contributed by atoms with Gasteiger partial charge in [0.1, 0.15) is 11.9 Å². The lowest BCUT2D eigenvalue weighted by Crippen LogP contribution is -2.05. The average molecular weight is 240 g/mol. The lowest BCUT2D eigenvalue weighted by Gasteiger charge is -1.99. The van der Waals surface area contributed by atoms with E-state index in [9.17, 15) is 9.59 Å². The van der Waals surface area contributed by atoms with E-state index in [1.807, 2.05) is 0 Å². The maximum atomic E-state index is 11.1. The number of rotatable bonds is 1. The van der Waals surface area contributed by atoms with Gasteiger partial charge in [-0.2, -0.15) is 0 Å². The van der Waals surface area contributed by atoms with Crippen molar-refractivity contribution < 1.29 is 19.0 Å². The predicted molar refractivity (Wildman–Crippen MR) is 56.6 cm³/mol. The Bertz CT molecular complexity index is 575. The molecular weight excluding hydrogens is 234 g/mol. The second-order valence-electron chi connectivity index (χ2n) is 3.11. The quantitative estimate of drug-likeness (QED) is 0.830. The van der Waals surface area contributed by atoms with Crippen LogP contribution in [0.5, 0.6) is 0 Å². The molecule has 1 N–H and O–H groups in total. The number of fused-ring (bicyclic) bond motifs is 1. The van der Waals surface area contributed by atoms with E-state index >= 15 is 0 Å². The van der Waals surface area contributed by atoms with E-state index in [4.69, 9.17) is 17.0 Å². The first kappa shape index (κ1) is 10.5. The van der Waals surface area contributed by atoms with E-state index in [2.05, 4.69) is 4.29 Å². The molecule has 82 valence electrons. The van der Waals surface area contributed by atoms with Crippen molar-refractivity contribution in [3.8, 4) is 0 Å². The summed E-state index contributed by atoms with van der Waals surface area (Å²) in [5, 5.41) is 9.47. The molecule has 0 amide bonds. The van der Waals surface area contributed by atoms with Crippen LogP contribution in [-0.4, -0.2) is 21.7 Å². The van der Waals surface area contributed by atoms with Gasteiger partial charge in [-0.15, -0.1) is 0 Å². The molecule has 0 aliphatic rings. The van der Waals surface area contributed by atoms with Crippen LogP contribution >= 0.6 is 11.9 Å². The van der Waals surface area contributed by atoms with Gasteiger partial charge in [0, 0.05) is 11.6 Å². The van der Waals surface area contributed by atoms with Gasteiger partial charge in [-0.3, -0.25) is 4.57 Å². The Morgan fingerprint density at radius 1 is 1.31 bits per heavy atom.